The van der Waals surface area contributed by atoms with Crippen LogP contribution in [-0.4, -0.2) is 69.7 Å². The predicted octanol–water partition coefficient (Wildman–Crippen LogP) is 1.79. The molecule has 2 atom stereocenters. The van der Waals surface area contributed by atoms with Gasteiger partial charge in [0.1, 0.15) is 17.9 Å². The number of likely N-dealkylation sites (N-methyl/N-ethyl adjacent to an activating group) is 1. The van der Waals surface area contributed by atoms with Crippen LogP contribution in [0.15, 0.2) is 30.6 Å². The monoisotopic (exact) mass is 410 g/mol. The quantitative estimate of drug-likeness (QED) is 0.667. The maximum Gasteiger partial charge on any atom is 0.228 e. The number of anilines is 1. The van der Waals surface area contributed by atoms with E-state index >= 15 is 0 Å². The molecule has 3 aromatic rings. The first-order valence-corrected chi connectivity index (χ1v) is 10.2. The van der Waals surface area contributed by atoms with E-state index in [1.165, 1.54) is 0 Å². The van der Waals surface area contributed by atoms with E-state index in [0.29, 0.717) is 5.82 Å². The van der Waals surface area contributed by atoms with E-state index in [0.717, 1.165) is 48.5 Å². The van der Waals surface area contributed by atoms with Crippen molar-refractivity contribution in [2.75, 3.05) is 32.6 Å². The highest BCUT2D eigenvalue weighted by atomic mass is 16.5. The van der Waals surface area contributed by atoms with Gasteiger partial charge in [-0.2, -0.15) is 10.2 Å². The van der Waals surface area contributed by atoms with E-state index in [4.69, 9.17) is 9.47 Å². The van der Waals surface area contributed by atoms with Gasteiger partial charge in [-0.1, -0.05) is 0 Å². The fourth-order valence-electron chi connectivity index (χ4n) is 4.04. The Morgan fingerprint density at radius 2 is 2.00 bits per heavy atom. The summed E-state index contributed by atoms with van der Waals surface area (Å²) in [6.45, 7) is 1.65. The van der Waals surface area contributed by atoms with Crippen molar-refractivity contribution in [3.63, 3.8) is 0 Å². The van der Waals surface area contributed by atoms with Crippen LogP contribution in [0.25, 0.3) is 16.8 Å². The summed E-state index contributed by atoms with van der Waals surface area (Å²) in [5.41, 5.74) is 2.76. The molecule has 0 spiro atoms. The minimum Gasteiger partial charge on any atom is -0.482 e. The summed E-state index contributed by atoms with van der Waals surface area (Å²) in [6, 6.07) is 5.89. The summed E-state index contributed by atoms with van der Waals surface area (Å²) >= 11 is 0. The summed E-state index contributed by atoms with van der Waals surface area (Å²) in [5.74, 6) is 1.49. The van der Waals surface area contributed by atoms with E-state index in [1.54, 1.807) is 17.8 Å². The number of methoxy groups -OCH3 is 1. The Balaban J connectivity index is 1.42. The van der Waals surface area contributed by atoms with Gasteiger partial charge in [-0.05, 0) is 32.0 Å². The van der Waals surface area contributed by atoms with E-state index in [1.807, 2.05) is 36.1 Å². The molecule has 4 heterocycles. The molecule has 9 nitrogen and oxygen atoms in total. The summed E-state index contributed by atoms with van der Waals surface area (Å²) in [7, 11) is 5.68. The predicted molar refractivity (Wildman–Crippen MR) is 111 cm³/mol. The number of nitrogens with zero attached hydrogens (tertiary/aromatic N) is 5. The summed E-state index contributed by atoms with van der Waals surface area (Å²) in [6.07, 6.45) is 5.54. The van der Waals surface area contributed by atoms with Crippen molar-refractivity contribution in [1.29, 1.82) is 0 Å². The lowest BCUT2D eigenvalue weighted by Gasteiger charge is -2.19. The molecule has 1 saturated carbocycles. The van der Waals surface area contributed by atoms with Crippen LogP contribution in [-0.2, 0) is 16.6 Å². The minimum atomic E-state index is -0.0501. The lowest BCUT2D eigenvalue weighted by molar-refractivity contribution is -0.117. The van der Waals surface area contributed by atoms with Gasteiger partial charge in [0.15, 0.2) is 11.6 Å². The highest BCUT2D eigenvalue weighted by Gasteiger charge is 2.34. The molecule has 1 amide bonds. The fraction of sp³-hybridized carbons (Fsp3) is 0.476. The van der Waals surface area contributed by atoms with Gasteiger partial charge in [-0.3, -0.25) is 14.4 Å². The SMILES string of the molecule is COC1CN(C)CC1Oc1cnn(C)c1-c1ccn2nc(NC(=O)C3CC3)cc2c1. The average molecular weight is 410 g/mol. The number of carbonyl (C=O) groups is 1. The molecule has 2 aliphatic rings. The first-order valence-electron chi connectivity index (χ1n) is 10.2. The van der Waals surface area contributed by atoms with Crippen LogP contribution in [0.2, 0.25) is 0 Å². The summed E-state index contributed by atoms with van der Waals surface area (Å²) < 4.78 is 15.5. The van der Waals surface area contributed by atoms with Crippen molar-refractivity contribution in [3.05, 3.63) is 30.6 Å². The Kier molecular flexibility index (Phi) is 4.71. The number of likely N-dealkylation sites (tertiary alicyclic amines) is 1. The van der Waals surface area contributed by atoms with Gasteiger partial charge in [0.2, 0.25) is 5.91 Å². The van der Waals surface area contributed by atoms with E-state index in [9.17, 15) is 4.79 Å². The largest absolute Gasteiger partial charge is 0.482 e. The summed E-state index contributed by atoms with van der Waals surface area (Å²) in [5, 5.41) is 11.8. The molecule has 0 radical (unpaired) electrons. The van der Waals surface area contributed by atoms with Crippen LogP contribution in [0.5, 0.6) is 5.75 Å². The van der Waals surface area contributed by atoms with Gasteiger partial charge >= 0.3 is 0 Å². The first-order chi connectivity index (χ1) is 14.5. The third-order valence-electron chi connectivity index (χ3n) is 5.82. The van der Waals surface area contributed by atoms with Crippen molar-refractivity contribution in [1.82, 2.24) is 24.3 Å². The van der Waals surface area contributed by atoms with E-state index in [2.05, 4.69) is 27.5 Å². The van der Waals surface area contributed by atoms with Gasteiger partial charge in [0, 0.05) is 51.0 Å². The normalized spacial score (nSPS) is 22.0. The standard InChI is InChI=1S/C21H26N6O3/c1-25-11-17(29-3)18(12-25)30-16-10-22-26(2)20(16)14-6-7-27-15(8-14)9-19(24-27)23-21(28)13-4-5-13/h6-10,13,17-18H,4-5,11-12H2,1-3H3,(H,23,24,28). The molecule has 1 saturated heterocycles. The number of nitrogens with one attached hydrogen (secondary N) is 1. The number of ether oxygens (including phenoxy) is 2. The molecule has 1 aliphatic heterocycles. The second-order valence-electron chi connectivity index (χ2n) is 8.21. The smallest absolute Gasteiger partial charge is 0.228 e. The van der Waals surface area contributed by atoms with E-state index < -0.39 is 0 Å². The van der Waals surface area contributed by atoms with Crippen molar-refractivity contribution < 1.29 is 14.3 Å². The number of fused-ring (bicyclic) bond motifs is 1. The Morgan fingerprint density at radius 3 is 2.77 bits per heavy atom. The van der Waals surface area contributed by atoms with Gasteiger partial charge in [-0.15, -0.1) is 0 Å². The van der Waals surface area contributed by atoms with E-state index in [-0.39, 0.29) is 24.0 Å². The molecule has 9 heteroatoms. The number of carbonyl (C=O) groups excluding carboxylic acids is 1. The number of pyridine rings is 1. The van der Waals surface area contributed by atoms with Crippen LogP contribution in [0.1, 0.15) is 12.8 Å². The van der Waals surface area contributed by atoms with Crippen LogP contribution < -0.4 is 10.1 Å². The number of aryl methyl sites for hydroxylation is 1. The zero-order valence-electron chi connectivity index (χ0n) is 17.4. The Morgan fingerprint density at radius 1 is 1.20 bits per heavy atom. The number of amides is 1. The molecule has 30 heavy (non-hydrogen) atoms. The third-order valence-corrected chi connectivity index (χ3v) is 5.82. The molecule has 0 bridgehead atoms. The van der Waals surface area contributed by atoms with Gasteiger partial charge < -0.3 is 14.8 Å². The molecule has 2 unspecified atom stereocenters. The van der Waals surface area contributed by atoms with Crippen molar-refractivity contribution in [3.8, 4) is 17.0 Å². The van der Waals surface area contributed by atoms with Gasteiger partial charge in [0.25, 0.3) is 0 Å². The number of hydrogen-bond donors (Lipinski definition) is 1. The molecule has 2 fully saturated rings. The maximum atomic E-state index is 12.0. The van der Waals surface area contributed by atoms with Gasteiger partial charge in [0.05, 0.1) is 11.7 Å². The van der Waals surface area contributed by atoms with Crippen LogP contribution >= 0.6 is 0 Å². The number of hydrogen-bond acceptors (Lipinski definition) is 6. The molecule has 1 aliphatic carbocycles. The van der Waals surface area contributed by atoms with Crippen LogP contribution in [0.3, 0.4) is 0 Å². The minimum absolute atomic E-state index is 0.0259. The number of aromatic nitrogens is 4. The molecule has 1 N–H and O–H groups in total. The first kappa shape index (κ1) is 19.1. The summed E-state index contributed by atoms with van der Waals surface area (Å²) in [4.78, 5) is 14.2. The highest BCUT2D eigenvalue weighted by molar-refractivity contribution is 5.93. The molecule has 158 valence electrons. The Hall–Kier alpha value is -2.91. The molecular formula is C21H26N6O3. The Bertz CT molecular complexity index is 1090. The second-order valence-corrected chi connectivity index (χ2v) is 8.21. The zero-order valence-corrected chi connectivity index (χ0v) is 17.4. The average Bonchev–Trinajstić information content (AvgIpc) is 3.28. The molecule has 0 aromatic carbocycles. The third kappa shape index (κ3) is 3.54. The van der Waals surface area contributed by atoms with Crippen LogP contribution in [0.4, 0.5) is 5.82 Å². The molecule has 3 aromatic heterocycles. The van der Waals surface area contributed by atoms with Crippen molar-refractivity contribution in [2.24, 2.45) is 13.0 Å². The maximum absolute atomic E-state index is 12.0. The zero-order chi connectivity index (χ0) is 20.8. The lowest BCUT2D eigenvalue weighted by Crippen LogP contribution is -2.31. The number of rotatable bonds is 6. The highest BCUT2D eigenvalue weighted by Crippen LogP contribution is 2.33. The van der Waals surface area contributed by atoms with Crippen molar-refractivity contribution in [2.45, 2.75) is 25.0 Å². The molecule has 5 rings (SSSR count). The topological polar surface area (TPSA) is 85.9 Å². The van der Waals surface area contributed by atoms with Gasteiger partial charge in [-0.25, -0.2) is 4.52 Å². The lowest BCUT2D eigenvalue weighted by atomic mass is 10.1. The second kappa shape index (κ2) is 7.41. The molecular weight excluding hydrogens is 384 g/mol. The Labute approximate surface area is 174 Å². The van der Waals surface area contributed by atoms with Crippen molar-refractivity contribution >= 4 is 17.2 Å². The van der Waals surface area contributed by atoms with Crippen LogP contribution in [0, 0.1) is 5.92 Å². The fourth-order valence-corrected chi connectivity index (χ4v) is 4.04.